The fourth-order valence-electron chi connectivity index (χ4n) is 8.30. The Morgan fingerprint density at radius 3 is 1.94 bits per heavy atom. The van der Waals surface area contributed by atoms with Gasteiger partial charge >= 0.3 is 0 Å². The van der Waals surface area contributed by atoms with Crippen LogP contribution in [0.1, 0.15) is 30.3 Å². The van der Waals surface area contributed by atoms with Crippen LogP contribution in [0.3, 0.4) is 0 Å². The molecule has 1 atom stereocenters. The van der Waals surface area contributed by atoms with Gasteiger partial charge in [0.15, 0.2) is 17.5 Å². The third-order valence-corrected chi connectivity index (χ3v) is 11.7. The van der Waals surface area contributed by atoms with Gasteiger partial charge in [0.25, 0.3) is 0 Å². The summed E-state index contributed by atoms with van der Waals surface area (Å²) in [5.41, 5.74) is 13.8. The SMILES string of the molecule is C=C/C=C\c1cc2ccccc2cc1-c1ccc(-c2cc(-c3cccc(-c4nccc5ccccc45)c3)cc(-c3nc(C4=CCC(C)C=C4)nc(-c4ccc(C)cc4)n3)c2)cc1. The molecule has 0 fully saturated rings. The summed E-state index contributed by atoms with van der Waals surface area (Å²) in [6, 6.07) is 56.2. The highest BCUT2D eigenvalue weighted by Gasteiger charge is 2.18. The van der Waals surface area contributed by atoms with Gasteiger partial charge in [0, 0.05) is 33.8 Å². The Morgan fingerprint density at radius 1 is 0.548 bits per heavy atom. The Morgan fingerprint density at radius 2 is 1.18 bits per heavy atom. The molecule has 2 aromatic heterocycles. The van der Waals surface area contributed by atoms with Gasteiger partial charge in [-0.3, -0.25) is 4.98 Å². The first-order chi connectivity index (χ1) is 30.5. The van der Waals surface area contributed by atoms with Crippen LogP contribution in [-0.4, -0.2) is 19.9 Å². The van der Waals surface area contributed by atoms with Crippen LogP contribution >= 0.6 is 0 Å². The van der Waals surface area contributed by atoms with Crippen LogP contribution in [0.2, 0.25) is 0 Å². The minimum atomic E-state index is 0.471. The van der Waals surface area contributed by atoms with Crippen molar-refractivity contribution in [3.8, 4) is 67.4 Å². The Labute approximate surface area is 363 Å². The number of hydrogen-bond acceptors (Lipinski definition) is 4. The maximum atomic E-state index is 5.21. The van der Waals surface area contributed by atoms with Crippen molar-refractivity contribution in [1.82, 2.24) is 19.9 Å². The van der Waals surface area contributed by atoms with Crippen molar-refractivity contribution in [3.63, 3.8) is 0 Å². The maximum absolute atomic E-state index is 5.21. The molecule has 4 nitrogen and oxygen atoms in total. The molecule has 4 heteroatoms. The molecular formula is C58H44N4. The predicted octanol–water partition coefficient (Wildman–Crippen LogP) is 15.1. The van der Waals surface area contributed by atoms with Crippen LogP contribution < -0.4 is 0 Å². The Balaban J connectivity index is 1.14. The fourth-order valence-corrected chi connectivity index (χ4v) is 8.30. The first-order valence-electron chi connectivity index (χ1n) is 21.2. The molecule has 0 saturated heterocycles. The van der Waals surface area contributed by atoms with Crippen LogP contribution in [0.25, 0.3) is 101 Å². The summed E-state index contributed by atoms with van der Waals surface area (Å²) < 4.78 is 0. The molecule has 0 radical (unpaired) electrons. The maximum Gasteiger partial charge on any atom is 0.164 e. The molecule has 296 valence electrons. The van der Waals surface area contributed by atoms with E-state index < -0.39 is 0 Å². The lowest BCUT2D eigenvalue weighted by atomic mass is 9.92. The zero-order valence-corrected chi connectivity index (χ0v) is 34.8. The lowest BCUT2D eigenvalue weighted by Crippen LogP contribution is -2.04. The van der Waals surface area contributed by atoms with E-state index >= 15 is 0 Å². The summed E-state index contributed by atoms with van der Waals surface area (Å²) in [4.78, 5) is 20.3. The zero-order valence-electron chi connectivity index (χ0n) is 34.8. The predicted molar refractivity (Wildman–Crippen MR) is 260 cm³/mol. The standard InChI is InChI=1S/C58H44N4/c1-4-5-11-48-32-45-13-6-7-14-47(45)37-54(48)42-28-26-40(27-29-42)50-34-51(46-15-10-16-49(33-46)55-53-17-9-8-12-41(53)30-31-59-55)36-52(35-50)58-61-56(43-22-18-38(2)19-23-43)60-57(62-58)44-24-20-39(3)21-25-44/h4-20,22-37,39H,1,21H2,2-3H3/b11-5-. The van der Waals surface area contributed by atoms with E-state index in [4.69, 9.17) is 19.9 Å². The molecule has 0 amide bonds. The highest BCUT2D eigenvalue weighted by Crippen LogP contribution is 2.37. The Kier molecular flexibility index (Phi) is 10.3. The van der Waals surface area contributed by atoms with Crippen LogP contribution in [0.5, 0.6) is 0 Å². The van der Waals surface area contributed by atoms with E-state index in [1.807, 2.05) is 18.3 Å². The monoisotopic (exact) mass is 796 g/mol. The molecule has 0 spiro atoms. The highest BCUT2D eigenvalue weighted by molar-refractivity contribution is 5.96. The highest BCUT2D eigenvalue weighted by atomic mass is 15.0. The van der Waals surface area contributed by atoms with E-state index in [1.54, 1.807) is 0 Å². The summed E-state index contributed by atoms with van der Waals surface area (Å²) in [7, 11) is 0. The molecular weight excluding hydrogens is 753 g/mol. The molecule has 0 N–H and O–H groups in total. The smallest absolute Gasteiger partial charge is 0.164 e. The Hall–Kier alpha value is -7.82. The van der Waals surface area contributed by atoms with Crippen molar-refractivity contribution in [2.75, 3.05) is 0 Å². The van der Waals surface area contributed by atoms with Crippen LogP contribution in [0.4, 0.5) is 0 Å². The van der Waals surface area contributed by atoms with Gasteiger partial charge in [0.2, 0.25) is 0 Å². The number of benzene rings is 7. The molecule has 1 unspecified atom stereocenters. The number of fused-ring (bicyclic) bond motifs is 2. The molecule has 62 heavy (non-hydrogen) atoms. The first-order valence-corrected chi connectivity index (χ1v) is 21.2. The molecule has 1 aliphatic carbocycles. The van der Waals surface area contributed by atoms with Gasteiger partial charge in [-0.2, -0.15) is 0 Å². The van der Waals surface area contributed by atoms with E-state index in [2.05, 4.69) is 202 Å². The number of aromatic nitrogens is 4. The molecule has 7 aromatic carbocycles. The van der Waals surface area contributed by atoms with Gasteiger partial charge in [-0.15, -0.1) is 0 Å². The summed E-state index contributed by atoms with van der Waals surface area (Å²) in [6.45, 7) is 8.25. The van der Waals surface area contributed by atoms with Crippen molar-refractivity contribution >= 4 is 33.2 Å². The molecule has 0 aliphatic heterocycles. The number of allylic oxidation sites excluding steroid dienone is 6. The van der Waals surface area contributed by atoms with E-state index in [1.165, 1.54) is 21.9 Å². The average Bonchev–Trinajstić information content (AvgIpc) is 3.33. The normalized spacial score (nSPS) is 13.8. The minimum absolute atomic E-state index is 0.471. The van der Waals surface area contributed by atoms with Gasteiger partial charge < -0.3 is 0 Å². The molecule has 9 aromatic rings. The van der Waals surface area contributed by atoms with Crippen molar-refractivity contribution in [2.24, 2.45) is 5.92 Å². The number of aryl methyl sites for hydroxylation is 1. The van der Waals surface area contributed by atoms with Crippen LogP contribution in [0, 0.1) is 12.8 Å². The third-order valence-electron chi connectivity index (χ3n) is 11.7. The number of hydrogen-bond donors (Lipinski definition) is 0. The Bertz CT molecular complexity index is 3240. The molecule has 10 rings (SSSR count). The fraction of sp³-hybridized carbons (Fsp3) is 0.0690. The third kappa shape index (κ3) is 7.82. The largest absolute Gasteiger partial charge is 0.256 e. The topological polar surface area (TPSA) is 51.6 Å². The van der Waals surface area contributed by atoms with Crippen molar-refractivity contribution in [3.05, 3.63) is 218 Å². The molecule has 2 heterocycles. The molecule has 0 bridgehead atoms. The van der Waals surface area contributed by atoms with E-state index in [-0.39, 0.29) is 0 Å². The second-order valence-electron chi connectivity index (χ2n) is 16.1. The lowest BCUT2D eigenvalue weighted by Gasteiger charge is -2.15. The van der Waals surface area contributed by atoms with E-state index in [0.717, 1.165) is 78.5 Å². The van der Waals surface area contributed by atoms with Crippen molar-refractivity contribution < 1.29 is 0 Å². The average molecular weight is 797 g/mol. The van der Waals surface area contributed by atoms with Crippen LogP contribution in [0.15, 0.2) is 201 Å². The lowest BCUT2D eigenvalue weighted by molar-refractivity contribution is 0.738. The van der Waals surface area contributed by atoms with Gasteiger partial charge in [-0.1, -0.05) is 171 Å². The van der Waals surface area contributed by atoms with Gasteiger partial charge in [-0.05, 0) is 117 Å². The zero-order chi connectivity index (χ0) is 42.0. The molecule has 0 saturated carbocycles. The quantitative estimate of drug-likeness (QED) is 0.137. The summed E-state index contributed by atoms with van der Waals surface area (Å²) in [5.74, 6) is 2.42. The summed E-state index contributed by atoms with van der Waals surface area (Å²) in [5, 5.41) is 4.70. The van der Waals surface area contributed by atoms with Crippen molar-refractivity contribution in [1.29, 1.82) is 0 Å². The van der Waals surface area contributed by atoms with Crippen molar-refractivity contribution in [2.45, 2.75) is 20.3 Å². The second kappa shape index (κ2) is 16.7. The minimum Gasteiger partial charge on any atom is -0.256 e. The van der Waals surface area contributed by atoms with Gasteiger partial charge in [-0.25, -0.2) is 15.0 Å². The number of nitrogens with zero attached hydrogens (tertiary/aromatic N) is 4. The van der Waals surface area contributed by atoms with Gasteiger partial charge in [0.1, 0.15) is 0 Å². The first kappa shape index (κ1) is 38.4. The van der Waals surface area contributed by atoms with E-state index in [0.29, 0.717) is 23.4 Å². The van der Waals surface area contributed by atoms with Crippen LogP contribution in [-0.2, 0) is 0 Å². The summed E-state index contributed by atoms with van der Waals surface area (Å²) in [6.07, 6.45) is 15.4. The summed E-state index contributed by atoms with van der Waals surface area (Å²) >= 11 is 0. The molecule has 1 aliphatic rings. The number of rotatable bonds is 9. The van der Waals surface area contributed by atoms with Gasteiger partial charge in [0.05, 0.1) is 5.69 Å². The van der Waals surface area contributed by atoms with E-state index in [9.17, 15) is 0 Å². The number of pyridine rings is 1. The second-order valence-corrected chi connectivity index (χ2v) is 16.1.